The number of unbranched alkanes of at least 4 members (excludes halogenated alkanes) is 23. The number of allylic oxidation sites excluding steroid dienone is 1. The van der Waals surface area contributed by atoms with Gasteiger partial charge in [0, 0.05) is 6.42 Å². The number of nitrogens with one attached hydrogen (secondary N) is 1. The average molecular weight is 1120 g/mol. The molecule has 0 unspecified atom stereocenters. The summed E-state index contributed by atoms with van der Waals surface area (Å²) in [6.07, 6.45) is 22.8. The Morgan fingerprint density at radius 2 is 1.05 bits per heavy atom. The van der Waals surface area contributed by atoms with E-state index in [0.717, 1.165) is 38.5 Å². The van der Waals surface area contributed by atoms with Crippen LogP contribution < -0.4 is 5.32 Å². The van der Waals surface area contributed by atoms with Gasteiger partial charge in [0.2, 0.25) is 5.91 Å². The summed E-state index contributed by atoms with van der Waals surface area (Å²) >= 11 is 0. The van der Waals surface area contributed by atoms with Gasteiger partial charge in [0.1, 0.15) is 36.1 Å². The number of aliphatic hydroxyl groups excluding tert-OH is 1. The van der Waals surface area contributed by atoms with Crippen LogP contribution in [-0.4, -0.2) is 102 Å². The standard InChI is InChI=1S/C65H103NO14/c1-10-12-14-16-18-20-22-24-26-28-30-32-40-46-53(75-59(69)50-42-36-34-37-43-50)52(66-55(67)47-41-33-31-29-27-25-23-21-19-17-15-13-11-2)48-74-65(9)58(68)57(76-60(70)51-44-38-35-39-45-51)56(77-62(72)80-64(6,7)8)54(78-65)49-73-61(71)79-63(3,4)5/h34-40,42-46,52-54,56-58,68H,10-33,41,47-49H2,1-9H3,(H,66,67)/b46-40+/t52-,53+,54+,56-,57-,58+,65+/m0/s1. The van der Waals surface area contributed by atoms with E-state index in [4.69, 9.17) is 37.9 Å². The minimum Gasteiger partial charge on any atom is -0.452 e. The number of benzene rings is 2. The van der Waals surface area contributed by atoms with E-state index in [1.165, 1.54) is 128 Å². The van der Waals surface area contributed by atoms with E-state index in [1.54, 1.807) is 96.1 Å². The summed E-state index contributed by atoms with van der Waals surface area (Å²) in [5.41, 5.74) is -1.53. The molecule has 1 aliphatic heterocycles. The summed E-state index contributed by atoms with van der Waals surface area (Å²) in [7, 11) is 0. The maximum absolute atomic E-state index is 14.1. The average Bonchev–Trinajstić information content (AvgIpc) is 3.41. The second kappa shape index (κ2) is 38.7. The molecule has 3 rings (SSSR count). The molecule has 1 fully saturated rings. The largest absolute Gasteiger partial charge is 0.509 e. The topological polar surface area (TPSA) is 191 Å². The SMILES string of the molecule is CCCCCCCCCCCCC/C=C/[C@@H](OC(=O)c1ccccc1)[C@H](CO[C@]1(C)O[C@H](COC(=O)OC(C)(C)C)[C@H](OC(=O)OC(C)(C)C)[C@H](OC(=O)c2ccccc2)[C@H]1O)NC(=O)CCCCCCCCCCCCCCC. The van der Waals surface area contributed by atoms with Crippen molar-refractivity contribution in [2.75, 3.05) is 13.2 Å². The van der Waals surface area contributed by atoms with E-state index in [-0.39, 0.29) is 17.9 Å². The monoisotopic (exact) mass is 1120 g/mol. The minimum atomic E-state index is -2.14. The molecule has 0 radical (unpaired) electrons. The number of aliphatic hydroxyl groups is 1. The minimum absolute atomic E-state index is 0.126. The molecule has 80 heavy (non-hydrogen) atoms. The summed E-state index contributed by atoms with van der Waals surface area (Å²) in [6.45, 7) is 14.7. The summed E-state index contributed by atoms with van der Waals surface area (Å²) in [4.78, 5) is 68.3. The van der Waals surface area contributed by atoms with Crippen molar-refractivity contribution in [3.8, 4) is 0 Å². The highest BCUT2D eigenvalue weighted by Gasteiger charge is 2.57. The van der Waals surface area contributed by atoms with Gasteiger partial charge in [-0.1, -0.05) is 198 Å². The molecule has 0 spiro atoms. The van der Waals surface area contributed by atoms with E-state index < -0.39 is 91.0 Å². The molecule has 1 aliphatic rings. The lowest BCUT2D eigenvalue weighted by Gasteiger charge is -2.48. The van der Waals surface area contributed by atoms with Gasteiger partial charge in [-0.05, 0) is 98.1 Å². The third kappa shape index (κ3) is 29.6. The number of esters is 2. The van der Waals surface area contributed by atoms with E-state index >= 15 is 0 Å². The number of carbonyl (C=O) groups excluding carboxylic acids is 5. The predicted molar refractivity (Wildman–Crippen MR) is 312 cm³/mol. The fourth-order valence-electron chi connectivity index (χ4n) is 9.46. The Kier molecular flexibility index (Phi) is 33.5. The van der Waals surface area contributed by atoms with Crippen molar-refractivity contribution in [3.05, 3.63) is 83.9 Å². The van der Waals surface area contributed by atoms with Crippen molar-refractivity contribution < 1.29 is 67.0 Å². The lowest BCUT2D eigenvalue weighted by molar-refractivity contribution is -0.357. The van der Waals surface area contributed by atoms with Crippen molar-refractivity contribution in [1.29, 1.82) is 0 Å². The van der Waals surface area contributed by atoms with E-state index in [1.807, 2.05) is 6.08 Å². The summed E-state index contributed by atoms with van der Waals surface area (Å²) < 4.78 is 47.5. The van der Waals surface area contributed by atoms with Crippen LogP contribution in [0.4, 0.5) is 9.59 Å². The van der Waals surface area contributed by atoms with Crippen LogP contribution in [0.5, 0.6) is 0 Å². The van der Waals surface area contributed by atoms with Crippen molar-refractivity contribution in [2.45, 2.75) is 283 Å². The van der Waals surface area contributed by atoms with Crippen LogP contribution in [0.15, 0.2) is 72.8 Å². The van der Waals surface area contributed by atoms with Crippen molar-refractivity contribution in [1.82, 2.24) is 5.32 Å². The Morgan fingerprint density at radius 1 is 0.600 bits per heavy atom. The Hall–Kier alpha value is -4.99. The maximum Gasteiger partial charge on any atom is 0.509 e. The third-order valence-electron chi connectivity index (χ3n) is 13.9. The number of amides is 1. The van der Waals surface area contributed by atoms with Gasteiger partial charge in [-0.3, -0.25) is 4.79 Å². The number of hydrogen-bond donors (Lipinski definition) is 2. The molecule has 452 valence electrons. The van der Waals surface area contributed by atoms with Crippen LogP contribution in [0, 0.1) is 0 Å². The first kappa shape index (κ1) is 69.3. The number of carbonyl (C=O) groups is 5. The number of rotatable bonds is 39. The van der Waals surface area contributed by atoms with Crippen LogP contribution in [0.2, 0.25) is 0 Å². The Morgan fingerprint density at radius 3 is 1.54 bits per heavy atom. The van der Waals surface area contributed by atoms with Gasteiger partial charge in [0.05, 0.1) is 23.8 Å². The van der Waals surface area contributed by atoms with Crippen molar-refractivity contribution >= 4 is 30.2 Å². The normalized spacial score (nSPS) is 19.2. The Bertz CT molecular complexity index is 2050. The number of hydrogen-bond acceptors (Lipinski definition) is 14. The fourth-order valence-corrected chi connectivity index (χ4v) is 9.46. The quantitative estimate of drug-likeness (QED) is 0.0278. The van der Waals surface area contributed by atoms with Crippen molar-refractivity contribution in [2.24, 2.45) is 0 Å². The van der Waals surface area contributed by atoms with Crippen LogP contribution >= 0.6 is 0 Å². The van der Waals surface area contributed by atoms with Gasteiger partial charge in [-0.15, -0.1) is 0 Å². The smallest absolute Gasteiger partial charge is 0.452 e. The molecule has 2 aromatic carbocycles. The van der Waals surface area contributed by atoms with E-state index in [0.29, 0.717) is 18.4 Å². The summed E-state index contributed by atoms with van der Waals surface area (Å²) in [5, 5.41) is 15.5. The number of ether oxygens (including phenoxy) is 8. The second-order valence-electron chi connectivity index (χ2n) is 23.6. The molecule has 15 nitrogen and oxygen atoms in total. The van der Waals surface area contributed by atoms with Gasteiger partial charge in [0.25, 0.3) is 0 Å². The molecule has 7 atom stereocenters. The molecule has 1 heterocycles. The third-order valence-corrected chi connectivity index (χ3v) is 13.9. The highest BCUT2D eigenvalue weighted by atomic mass is 16.8. The molecule has 15 heteroatoms. The zero-order valence-corrected chi connectivity index (χ0v) is 50.4. The highest BCUT2D eigenvalue weighted by Crippen LogP contribution is 2.36. The van der Waals surface area contributed by atoms with Gasteiger partial charge < -0.3 is 48.3 Å². The first-order chi connectivity index (χ1) is 38.2. The molecule has 1 amide bonds. The molecule has 0 saturated carbocycles. The fraction of sp³-hybridized carbons (Fsp3) is 0.708. The molecular weight excluding hydrogens is 1020 g/mol. The van der Waals surface area contributed by atoms with Gasteiger partial charge >= 0.3 is 24.2 Å². The molecule has 0 aromatic heterocycles. The van der Waals surface area contributed by atoms with Crippen LogP contribution in [0.3, 0.4) is 0 Å². The molecule has 2 aromatic rings. The van der Waals surface area contributed by atoms with Crippen LogP contribution in [-0.2, 0) is 42.7 Å². The lowest BCUT2D eigenvalue weighted by atomic mass is 9.92. The van der Waals surface area contributed by atoms with E-state index in [9.17, 15) is 29.1 Å². The molecular formula is C65H103NO14. The Labute approximate surface area is 480 Å². The van der Waals surface area contributed by atoms with Gasteiger partial charge in [-0.2, -0.15) is 0 Å². The second-order valence-corrected chi connectivity index (χ2v) is 23.6. The molecule has 1 saturated heterocycles. The summed E-state index contributed by atoms with van der Waals surface area (Å²) in [6, 6.07) is 15.5. The van der Waals surface area contributed by atoms with Crippen LogP contribution in [0.1, 0.15) is 250 Å². The van der Waals surface area contributed by atoms with Gasteiger partial charge in [-0.25, -0.2) is 19.2 Å². The first-order valence-electron chi connectivity index (χ1n) is 30.5. The highest BCUT2D eigenvalue weighted by molar-refractivity contribution is 5.90. The Balaban J connectivity index is 1.95. The van der Waals surface area contributed by atoms with E-state index in [2.05, 4.69) is 19.2 Å². The maximum atomic E-state index is 14.1. The molecule has 0 bridgehead atoms. The predicted octanol–water partition coefficient (Wildman–Crippen LogP) is 15.4. The van der Waals surface area contributed by atoms with Crippen LogP contribution in [0.25, 0.3) is 0 Å². The molecule has 0 aliphatic carbocycles. The van der Waals surface area contributed by atoms with Gasteiger partial charge in [0.15, 0.2) is 18.0 Å². The van der Waals surface area contributed by atoms with Crippen molar-refractivity contribution in [3.63, 3.8) is 0 Å². The zero-order chi connectivity index (χ0) is 58.7. The lowest BCUT2D eigenvalue weighted by Crippen LogP contribution is -2.67. The first-order valence-corrected chi connectivity index (χ1v) is 30.5. The summed E-state index contributed by atoms with van der Waals surface area (Å²) in [5.74, 6) is -3.93. The zero-order valence-electron chi connectivity index (χ0n) is 50.4. The molecule has 2 N–H and O–H groups in total.